The Kier molecular flexibility index (Phi) is 7.29. The number of phenolic OH excluding ortho intramolecular Hbond substituents is 1. The Morgan fingerprint density at radius 2 is 1.93 bits per heavy atom. The van der Waals surface area contributed by atoms with Gasteiger partial charge in [-0.1, -0.05) is 35.5 Å². The van der Waals surface area contributed by atoms with Gasteiger partial charge in [0, 0.05) is 29.6 Å². The number of piperidine rings is 1. The first kappa shape index (κ1) is 22.1. The van der Waals surface area contributed by atoms with Gasteiger partial charge in [0.05, 0.1) is 22.9 Å². The van der Waals surface area contributed by atoms with E-state index in [2.05, 4.69) is 0 Å². The first-order chi connectivity index (χ1) is 14.4. The number of amides is 1. The summed E-state index contributed by atoms with van der Waals surface area (Å²) in [6.45, 7) is 0.794. The number of carbonyl (C=O) groups excluding carboxylic acids is 1. The number of nitrogens with zero attached hydrogens (tertiary/aromatic N) is 1. The molecule has 8 heteroatoms. The number of hydrogen-bond donors (Lipinski definition) is 2. The highest BCUT2D eigenvalue weighted by molar-refractivity contribution is 7.99. The average Bonchev–Trinajstić information content (AvgIpc) is 2.73. The SMILES string of the molecule is COc1ccccc1Sc1cc(O)c(/C=C/C(=O)N2CCC(C(=O)O)CC2)c(Cl)c1. The predicted octanol–water partition coefficient (Wildman–Crippen LogP) is 4.54. The molecule has 2 aromatic rings. The number of benzene rings is 2. The lowest BCUT2D eigenvalue weighted by atomic mass is 9.97. The van der Waals surface area contributed by atoms with Crippen molar-refractivity contribution < 1.29 is 24.5 Å². The van der Waals surface area contributed by atoms with Gasteiger partial charge < -0.3 is 19.8 Å². The van der Waals surface area contributed by atoms with Crippen LogP contribution in [0.2, 0.25) is 5.02 Å². The first-order valence-electron chi connectivity index (χ1n) is 9.42. The maximum atomic E-state index is 12.4. The summed E-state index contributed by atoms with van der Waals surface area (Å²) in [6.07, 6.45) is 3.72. The van der Waals surface area contributed by atoms with Gasteiger partial charge in [-0.2, -0.15) is 0 Å². The highest BCUT2D eigenvalue weighted by Crippen LogP contribution is 2.39. The maximum absolute atomic E-state index is 12.4. The first-order valence-corrected chi connectivity index (χ1v) is 10.6. The van der Waals surface area contributed by atoms with Crippen LogP contribution in [0.3, 0.4) is 0 Å². The number of aromatic hydroxyl groups is 1. The highest BCUT2D eigenvalue weighted by atomic mass is 35.5. The molecule has 6 nitrogen and oxygen atoms in total. The summed E-state index contributed by atoms with van der Waals surface area (Å²) < 4.78 is 5.34. The minimum Gasteiger partial charge on any atom is -0.507 e. The minimum atomic E-state index is -0.819. The monoisotopic (exact) mass is 447 g/mol. The average molecular weight is 448 g/mol. The molecule has 0 bridgehead atoms. The van der Waals surface area contributed by atoms with E-state index in [1.807, 2.05) is 24.3 Å². The molecule has 30 heavy (non-hydrogen) atoms. The Morgan fingerprint density at radius 3 is 2.57 bits per heavy atom. The number of halogens is 1. The smallest absolute Gasteiger partial charge is 0.306 e. The van der Waals surface area contributed by atoms with E-state index in [4.69, 9.17) is 21.4 Å². The zero-order chi connectivity index (χ0) is 21.7. The molecular formula is C22H22ClNO5S. The van der Waals surface area contributed by atoms with Crippen molar-refractivity contribution >= 4 is 41.3 Å². The molecule has 3 rings (SSSR count). The second-order valence-electron chi connectivity index (χ2n) is 6.86. The zero-order valence-electron chi connectivity index (χ0n) is 16.4. The summed E-state index contributed by atoms with van der Waals surface area (Å²) in [7, 11) is 1.60. The summed E-state index contributed by atoms with van der Waals surface area (Å²) >= 11 is 7.76. The number of likely N-dealkylation sites (tertiary alicyclic amines) is 1. The van der Waals surface area contributed by atoms with E-state index in [1.165, 1.54) is 23.9 Å². The lowest BCUT2D eigenvalue weighted by molar-refractivity contribution is -0.144. The van der Waals surface area contributed by atoms with Crippen LogP contribution in [0.25, 0.3) is 6.08 Å². The number of carboxylic acid groups (broad SMARTS) is 1. The lowest BCUT2D eigenvalue weighted by Crippen LogP contribution is -2.39. The third-order valence-electron chi connectivity index (χ3n) is 4.93. The summed E-state index contributed by atoms with van der Waals surface area (Å²) in [5.74, 6) is -0.764. The van der Waals surface area contributed by atoms with Crippen LogP contribution in [0.4, 0.5) is 0 Å². The Hall–Kier alpha value is -2.64. The topological polar surface area (TPSA) is 87.1 Å². The second-order valence-corrected chi connectivity index (χ2v) is 8.38. The molecule has 158 valence electrons. The van der Waals surface area contributed by atoms with Crippen LogP contribution in [-0.4, -0.2) is 47.2 Å². The number of hydrogen-bond acceptors (Lipinski definition) is 5. The molecular weight excluding hydrogens is 426 g/mol. The van der Waals surface area contributed by atoms with E-state index < -0.39 is 11.9 Å². The Labute approximate surface area is 184 Å². The van der Waals surface area contributed by atoms with Gasteiger partial charge in [-0.3, -0.25) is 9.59 Å². The number of para-hydroxylation sites is 1. The van der Waals surface area contributed by atoms with Crippen molar-refractivity contribution in [3.63, 3.8) is 0 Å². The fourth-order valence-corrected chi connectivity index (χ4v) is 4.58. The van der Waals surface area contributed by atoms with E-state index in [-0.39, 0.29) is 11.7 Å². The van der Waals surface area contributed by atoms with Crippen LogP contribution < -0.4 is 4.74 Å². The zero-order valence-corrected chi connectivity index (χ0v) is 17.9. The van der Waals surface area contributed by atoms with Crippen LogP contribution in [0.1, 0.15) is 18.4 Å². The number of carbonyl (C=O) groups is 2. The standard InChI is InChI=1S/C22H22ClNO5S/c1-29-19-4-2-3-5-20(19)30-15-12-17(23)16(18(25)13-15)6-7-21(26)24-10-8-14(9-11-24)22(27)28/h2-7,12-14,25H,8-11H2,1H3,(H,27,28)/b7-6+. The number of carboxylic acids is 1. The molecule has 0 atom stereocenters. The summed E-state index contributed by atoms with van der Waals surface area (Å²) in [5, 5.41) is 19.8. The van der Waals surface area contributed by atoms with Crippen molar-refractivity contribution in [3.05, 3.63) is 53.1 Å². The molecule has 0 spiro atoms. The summed E-state index contributed by atoms with van der Waals surface area (Å²) in [5.41, 5.74) is 0.356. The fourth-order valence-electron chi connectivity index (χ4n) is 3.24. The van der Waals surface area contributed by atoms with Crippen LogP contribution in [0.15, 0.2) is 52.3 Å². The lowest BCUT2D eigenvalue weighted by Gasteiger charge is -2.29. The van der Waals surface area contributed by atoms with Gasteiger partial charge in [0.2, 0.25) is 5.91 Å². The highest BCUT2D eigenvalue weighted by Gasteiger charge is 2.26. The molecule has 0 unspecified atom stereocenters. The molecule has 1 saturated heterocycles. The van der Waals surface area contributed by atoms with Gasteiger partial charge in [-0.25, -0.2) is 0 Å². The Bertz CT molecular complexity index is 947. The molecule has 2 N–H and O–H groups in total. The van der Waals surface area contributed by atoms with Gasteiger partial charge in [0.15, 0.2) is 0 Å². The van der Waals surface area contributed by atoms with E-state index in [0.29, 0.717) is 36.5 Å². The molecule has 0 aromatic heterocycles. The summed E-state index contributed by atoms with van der Waals surface area (Å²) in [4.78, 5) is 26.7. The molecule has 1 aliphatic heterocycles. The fraction of sp³-hybridized carbons (Fsp3) is 0.273. The quantitative estimate of drug-likeness (QED) is 0.632. The molecule has 0 saturated carbocycles. The van der Waals surface area contributed by atoms with Crippen molar-refractivity contribution in [2.45, 2.75) is 22.6 Å². The van der Waals surface area contributed by atoms with E-state index >= 15 is 0 Å². The molecule has 1 heterocycles. The third kappa shape index (κ3) is 5.29. The van der Waals surface area contributed by atoms with Crippen molar-refractivity contribution in [2.75, 3.05) is 20.2 Å². The minimum absolute atomic E-state index is 0.0338. The molecule has 0 radical (unpaired) electrons. The van der Waals surface area contributed by atoms with E-state index in [1.54, 1.807) is 24.1 Å². The van der Waals surface area contributed by atoms with Gasteiger partial charge in [-0.15, -0.1) is 0 Å². The normalized spacial score (nSPS) is 14.8. The van der Waals surface area contributed by atoms with Gasteiger partial charge in [0.25, 0.3) is 0 Å². The van der Waals surface area contributed by atoms with Crippen molar-refractivity contribution in [1.29, 1.82) is 0 Å². The van der Waals surface area contributed by atoms with Crippen LogP contribution in [0, 0.1) is 5.92 Å². The molecule has 1 fully saturated rings. The molecule has 2 aromatic carbocycles. The van der Waals surface area contributed by atoms with Crippen molar-refractivity contribution in [3.8, 4) is 11.5 Å². The van der Waals surface area contributed by atoms with Crippen molar-refractivity contribution in [2.24, 2.45) is 5.92 Å². The van der Waals surface area contributed by atoms with Crippen LogP contribution in [-0.2, 0) is 9.59 Å². The Balaban J connectivity index is 1.70. The predicted molar refractivity (Wildman–Crippen MR) is 116 cm³/mol. The summed E-state index contributed by atoms with van der Waals surface area (Å²) in [6, 6.07) is 10.9. The number of ether oxygens (including phenoxy) is 1. The molecule has 1 amide bonds. The molecule has 1 aliphatic rings. The van der Waals surface area contributed by atoms with E-state index in [0.717, 1.165) is 15.5 Å². The molecule has 0 aliphatic carbocycles. The second kappa shape index (κ2) is 9.91. The third-order valence-corrected chi connectivity index (χ3v) is 6.27. The van der Waals surface area contributed by atoms with Gasteiger partial charge in [0.1, 0.15) is 11.5 Å². The van der Waals surface area contributed by atoms with E-state index in [9.17, 15) is 14.7 Å². The van der Waals surface area contributed by atoms with Crippen LogP contribution >= 0.6 is 23.4 Å². The maximum Gasteiger partial charge on any atom is 0.306 e. The Morgan fingerprint density at radius 1 is 1.23 bits per heavy atom. The number of aliphatic carboxylic acids is 1. The van der Waals surface area contributed by atoms with Crippen molar-refractivity contribution in [1.82, 2.24) is 4.90 Å². The largest absolute Gasteiger partial charge is 0.507 e. The van der Waals surface area contributed by atoms with Gasteiger partial charge >= 0.3 is 5.97 Å². The number of phenols is 1. The number of rotatable bonds is 6. The van der Waals surface area contributed by atoms with Gasteiger partial charge in [-0.05, 0) is 43.2 Å². The number of methoxy groups -OCH3 is 1. The van der Waals surface area contributed by atoms with Crippen LogP contribution in [0.5, 0.6) is 11.5 Å².